The van der Waals surface area contributed by atoms with Crippen LogP contribution in [0.3, 0.4) is 0 Å². The molecule has 0 bridgehead atoms. The number of nitrogens with one attached hydrogen (secondary N) is 1. The topological polar surface area (TPSA) is 12.0 Å². The summed E-state index contributed by atoms with van der Waals surface area (Å²) < 4.78 is 13.7. The summed E-state index contributed by atoms with van der Waals surface area (Å²) in [5.74, 6) is 1.89. The van der Waals surface area contributed by atoms with E-state index in [1.807, 2.05) is 30.9 Å². The minimum atomic E-state index is -0.0872. The highest BCUT2D eigenvalue weighted by Crippen LogP contribution is 2.32. The van der Waals surface area contributed by atoms with Gasteiger partial charge in [0, 0.05) is 22.8 Å². The Morgan fingerprint density at radius 2 is 2.12 bits per heavy atom. The number of thioether (sulfide) groups is 1. The van der Waals surface area contributed by atoms with Gasteiger partial charge in [-0.05, 0) is 37.9 Å². The highest BCUT2D eigenvalue weighted by atomic mass is 32.2. The van der Waals surface area contributed by atoms with Gasteiger partial charge in [0.25, 0.3) is 0 Å². The molecule has 0 atom stereocenters. The van der Waals surface area contributed by atoms with Crippen molar-refractivity contribution in [3.8, 4) is 0 Å². The molecule has 0 saturated heterocycles. The maximum atomic E-state index is 13.7. The molecule has 1 N–H and O–H groups in total. The normalized spacial score (nSPS) is 16.6. The van der Waals surface area contributed by atoms with Gasteiger partial charge in [0.05, 0.1) is 0 Å². The lowest BCUT2D eigenvalue weighted by molar-refractivity contribution is 0.593. The SMILES string of the molecule is CNCc1c(F)cccc1SCC1CCCC1. The molecule has 1 aromatic rings. The third-order valence-electron chi connectivity index (χ3n) is 3.38. The number of rotatable bonds is 5. The van der Waals surface area contributed by atoms with E-state index >= 15 is 0 Å². The molecule has 1 aliphatic rings. The van der Waals surface area contributed by atoms with Gasteiger partial charge in [0.1, 0.15) is 5.82 Å². The van der Waals surface area contributed by atoms with Crippen LogP contribution in [0, 0.1) is 11.7 Å². The molecule has 0 heterocycles. The summed E-state index contributed by atoms with van der Waals surface area (Å²) in [5, 5.41) is 3.04. The molecule has 0 amide bonds. The van der Waals surface area contributed by atoms with Crippen molar-refractivity contribution in [1.82, 2.24) is 5.32 Å². The molecule has 1 nitrogen and oxygen atoms in total. The van der Waals surface area contributed by atoms with E-state index in [0.29, 0.717) is 6.54 Å². The van der Waals surface area contributed by atoms with E-state index in [1.54, 1.807) is 6.07 Å². The predicted octanol–water partition coefficient (Wildman–Crippen LogP) is 3.83. The van der Waals surface area contributed by atoms with Crippen LogP contribution in [0.4, 0.5) is 4.39 Å². The van der Waals surface area contributed by atoms with Gasteiger partial charge >= 0.3 is 0 Å². The van der Waals surface area contributed by atoms with E-state index in [4.69, 9.17) is 0 Å². The fourth-order valence-corrected chi connectivity index (χ4v) is 3.67. The lowest BCUT2D eigenvalue weighted by Crippen LogP contribution is -2.08. The largest absolute Gasteiger partial charge is 0.316 e. The van der Waals surface area contributed by atoms with E-state index in [1.165, 1.54) is 25.7 Å². The molecule has 3 heteroatoms. The first-order chi connectivity index (χ1) is 8.31. The van der Waals surface area contributed by atoms with Crippen molar-refractivity contribution in [1.29, 1.82) is 0 Å². The summed E-state index contributed by atoms with van der Waals surface area (Å²) in [6, 6.07) is 5.40. The molecule has 0 unspecified atom stereocenters. The molecule has 2 rings (SSSR count). The average Bonchev–Trinajstić information content (AvgIpc) is 2.83. The molecule has 1 fully saturated rings. The summed E-state index contributed by atoms with van der Waals surface area (Å²) in [5.41, 5.74) is 0.818. The van der Waals surface area contributed by atoms with Crippen LogP contribution >= 0.6 is 11.8 Å². The van der Waals surface area contributed by atoms with Gasteiger partial charge in [-0.15, -0.1) is 11.8 Å². The van der Waals surface area contributed by atoms with Gasteiger partial charge in [-0.1, -0.05) is 18.9 Å². The second-order valence-corrected chi connectivity index (χ2v) is 5.77. The van der Waals surface area contributed by atoms with Gasteiger partial charge in [-0.3, -0.25) is 0 Å². The van der Waals surface area contributed by atoms with Crippen molar-refractivity contribution in [3.05, 3.63) is 29.6 Å². The van der Waals surface area contributed by atoms with Crippen LogP contribution in [0.5, 0.6) is 0 Å². The van der Waals surface area contributed by atoms with Gasteiger partial charge in [0.2, 0.25) is 0 Å². The third-order valence-corrected chi connectivity index (χ3v) is 4.71. The standard InChI is InChI=1S/C14H20FNS/c1-16-9-12-13(15)7-4-8-14(12)17-10-11-5-2-3-6-11/h4,7-8,11,16H,2-3,5-6,9-10H2,1H3. The molecule has 1 aromatic carbocycles. The Morgan fingerprint density at radius 3 is 2.82 bits per heavy atom. The molecule has 0 aromatic heterocycles. The van der Waals surface area contributed by atoms with Crippen molar-refractivity contribution in [2.75, 3.05) is 12.8 Å². The maximum absolute atomic E-state index is 13.7. The number of hydrogen-bond donors (Lipinski definition) is 1. The summed E-state index contributed by atoms with van der Waals surface area (Å²) in [6.07, 6.45) is 5.45. The minimum Gasteiger partial charge on any atom is -0.316 e. The Balaban J connectivity index is 2.00. The minimum absolute atomic E-state index is 0.0872. The Morgan fingerprint density at radius 1 is 1.35 bits per heavy atom. The van der Waals surface area contributed by atoms with Crippen LogP contribution < -0.4 is 5.32 Å². The fraction of sp³-hybridized carbons (Fsp3) is 0.571. The molecule has 0 radical (unpaired) electrons. The first kappa shape index (κ1) is 12.9. The summed E-state index contributed by atoms with van der Waals surface area (Å²) in [6.45, 7) is 0.611. The second-order valence-electron chi connectivity index (χ2n) is 4.71. The molecule has 1 saturated carbocycles. The smallest absolute Gasteiger partial charge is 0.128 e. The van der Waals surface area contributed by atoms with Crippen LogP contribution in [0.25, 0.3) is 0 Å². The van der Waals surface area contributed by atoms with Crippen molar-refractivity contribution in [3.63, 3.8) is 0 Å². The Bertz CT molecular complexity index is 361. The second kappa shape index (κ2) is 6.41. The van der Waals surface area contributed by atoms with E-state index in [9.17, 15) is 4.39 Å². The zero-order valence-electron chi connectivity index (χ0n) is 10.3. The number of hydrogen-bond acceptors (Lipinski definition) is 2. The predicted molar refractivity (Wildman–Crippen MR) is 71.8 cm³/mol. The van der Waals surface area contributed by atoms with Gasteiger partial charge in [0.15, 0.2) is 0 Å². The Labute approximate surface area is 107 Å². The highest BCUT2D eigenvalue weighted by molar-refractivity contribution is 7.99. The summed E-state index contributed by atoms with van der Waals surface area (Å²) in [4.78, 5) is 1.10. The molecule has 0 spiro atoms. The molecule has 94 valence electrons. The summed E-state index contributed by atoms with van der Waals surface area (Å²) in [7, 11) is 1.86. The molecular weight excluding hydrogens is 233 g/mol. The zero-order chi connectivity index (χ0) is 12.1. The number of halogens is 1. The Kier molecular flexibility index (Phi) is 4.86. The zero-order valence-corrected chi connectivity index (χ0v) is 11.2. The van der Waals surface area contributed by atoms with E-state index < -0.39 is 0 Å². The molecule has 17 heavy (non-hydrogen) atoms. The van der Waals surface area contributed by atoms with Crippen LogP contribution in [-0.4, -0.2) is 12.8 Å². The van der Waals surface area contributed by atoms with E-state index in [-0.39, 0.29) is 5.82 Å². The Hall–Kier alpha value is -0.540. The molecule has 1 aliphatic carbocycles. The molecular formula is C14H20FNS. The lowest BCUT2D eigenvalue weighted by atomic mass is 10.1. The van der Waals surface area contributed by atoms with Crippen LogP contribution in [0.2, 0.25) is 0 Å². The van der Waals surface area contributed by atoms with Crippen LogP contribution in [-0.2, 0) is 6.54 Å². The highest BCUT2D eigenvalue weighted by Gasteiger charge is 2.16. The maximum Gasteiger partial charge on any atom is 0.128 e. The van der Waals surface area contributed by atoms with Crippen LogP contribution in [0.1, 0.15) is 31.2 Å². The first-order valence-electron chi connectivity index (χ1n) is 6.36. The van der Waals surface area contributed by atoms with Crippen molar-refractivity contribution >= 4 is 11.8 Å². The summed E-state index contributed by atoms with van der Waals surface area (Å²) >= 11 is 1.82. The average molecular weight is 253 g/mol. The first-order valence-corrected chi connectivity index (χ1v) is 7.34. The quantitative estimate of drug-likeness (QED) is 0.800. The third kappa shape index (κ3) is 3.46. The van der Waals surface area contributed by atoms with Crippen molar-refractivity contribution in [2.45, 2.75) is 37.1 Å². The van der Waals surface area contributed by atoms with Crippen LogP contribution in [0.15, 0.2) is 23.1 Å². The van der Waals surface area contributed by atoms with E-state index in [0.717, 1.165) is 22.1 Å². The van der Waals surface area contributed by atoms with Gasteiger partial charge in [-0.25, -0.2) is 4.39 Å². The fourth-order valence-electron chi connectivity index (χ4n) is 2.41. The lowest BCUT2D eigenvalue weighted by Gasteiger charge is -2.12. The van der Waals surface area contributed by atoms with E-state index in [2.05, 4.69) is 5.32 Å². The molecule has 0 aliphatic heterocycles. The van der Waals surface area contributed by atoms with Crippen molar-refractivity contribution in [2.24, 2.45) is 5.92 Å². The number of benzene rings is 1. The monoisotopic (exact) mass is 253 g/mol. The van der Waals surface area contributed by atoms with Gasteiger partial charge < -0.3 is 5.32 Å². The van der Waals surface area contributed by atoms with Gasteiger partial charge in [-0.2, -0.15) is 0 Å². The van der Waals surface area contributed by atoms with Crippen molar-refractivity contribution < 1.29 is 4.39 Å².